The minimum atomic E-state index is -1.25. The first kappa shape index (κ1) is 26.9. The summed E-state index contributed by atoms with van der Waals surface area (Å²) in [7, 11) is 0. The van der Waals surface area contributed by atoms with Crippen molar-refractivity contribution in [2.45, 2.75) is 69.1 Å². The van der Waals surface area contributed by atoms with Crippen molar-refractivity contribution in [2.75, 3.05) is 13.1 Å². The molecule has 2 aliphatic rings. The lowest BCUT2D eigenvalue weighted by Crippen LogP contribution is -2.57. The molecule has 3 rings (SSSR count). The summed E-state index contributed by atoms with van der Waals surface area (Å²) in [5.41, 5.74) is 0.594. The van der Waals surface area contributed by atoms with Gasteiger partial charge >= 0.3 is 11.9 Å². The Morgan fingerprint density at radius 3 is 2.28 bits per heavy atom. The molecule has 0 aromatic heterocycles. The van der Waals surface area contributed by atoms with Gasteiger partial charge in [0.25, 0.3) is 0 Å². The van der Waals surface area contributed by atoms with E-state index in [1.807, 2.05) is 0 Å². The minimum absolute atomic E-state index is 0.0201. The van der Waals surface area contributed by atoms with Crippen LogP contribution in [0.4, 0.5) is 0 Å². The topological polar surface area (TPSA) is 185 Å². The number of likely N-dealkylation sites (tertiary alicyclic amines) is 1. The zero-order valence-electron chi connectivity index (χ0n) is 19.8. The van der Waals surface area contributed by atoms with Crippen molar-refractivity contribution < 1.29 is 39.3 Å². The zero-order valence-corrected chi connectivity index (χ0v) is 19.8. The number of nitrogens with zero attached hydrogens (tertiary/aromatic N) is 1. The van der Waals surface area contributed by atoms with E-state index in [2.05, 4.69) is 16.0 Å². The van der Waals surface area contributed by atoms with E-state index in [9.17, 15) is 34.2 Å². The van der Waals surface area contributed by atoms with Gasteiger partial charge in [0.2, 0.25) is 17.7 Å². The number of carboxylic acids is 2. The van der Waals surface area contributed by atoms with Crippen LogP contribution in [-0.4, -0.2) is 87.1 Å². The van der Waals surface area contributed by atoms with Gasteiger partial charge in [0.1, 0.15) is 23.9 Å². The maximum Gasteiger partial charge on any atom is 0.326 e. The molecule has 4 unspecified atom stereocenters. The smallest absolute Gasteiger partial charge is 0.326 e. The molecule has 1 aromatic carbocycles. The van der Waals surface area contributed by atoms with Crippen molar-refractivity contribution in [3.63, 3.8) is 0 Å². The monoisotopic (exact) mass is 504 g/mol. The highest BCUT2D eigenvalue weighted by Crippen LogP contribution is 2.21. The van der Waals surface area contributed by atoms with E-state index in [1.165, 1.54) is 17.0 Å². The molecule has 0 saturated carbocycles. The standard InChI is InChI=1S/C24H32N4O8/c29-15-7-5-14(6-8-15)13-18(24(35)36)27-22(33)19-4-2-12-28(19)23(34)17(9-10-20(30)31)26-21(32)16-3-1-11-25-16/h5-8,16-19,25,29H,1-4,9-13H2,(H,26,32)(H,27,33)(H,30,31)(H,35,36). The van der Waals surface area contributed by atoms with E-state index < -0.39 is 53.8 Å². The molecule has 2 saturated heterocycles. The van der Waals surface area contributed by atoms with E-state index in [0.29, 0.717) is 31.4 Å². The Morgan fingerprint density at radius 1 is 0.972 bits per heavy atom. The van der Waals surface area contributed by atoms with Gasteiger partial charge in [-0.25, -0.2) is 4.79 Å². The summed E-state index contributed by atoms with van der Waals surface area (Å²) in [4.78, 5) is 63.2. The SMILES string of the molecule is O=C(O)CCC(NC(=O)C1CCCN1)C(=O)N1CCCC1C(=O)NC(Cc1ccc(O)cc1)C(=O)O. The fourth-order valence-corrected chi connectivity index (χ4v) is 4.54. The minimum Gasteiger partial charge on any atom is -0.508 e. The first-order valence-corrected chi connectivity index (χ1v) is 12.0. The molecule has 0 radical (unpaired) electrons. The Hall–Kier alpha value is -3.67. The molecule has 2 heterocycles. The van der Waals surface area contributed by atoms with E-state index >= 15 is 0 Å². The van der Waals surface area contributed by atoms with Crippen molar-refractivity contribution in [1.82, 2.24) is 20.9 Å². The number of hydrogen-bond acceptors (Lipinski definition) is 7. The Bertz CT molecular complexity index is 977. The van der Waals surface area contributed by atoms with Gasteiger partial charge in [-0.15, -0.1) is 0 Å². The number of amides is 3. The molecule has 2 aliphatic heterocycles. The number of carbonyl (C=O) groups is 5. The molecule has 12 heteroatoms. The first-order valence-electron chi connectivity index (χ1n) is 12.0. The third-order valence-electron chi connectivity index (χ3n) is 6.47. The highest BCUT2D eigenvalue weighted by atomic mass is 16.4. The van der Waals surface area contributed by atoms with Gasteiger partial charge in [-0.05, 0) is 56.3 Å². The van der Waals surface area contributed by atoms with Crippen LogP contribution < -0.4 is 16.0 Å². The lowest BCUT2D eigenvalue weighted by Gasteiger charge is -2.30. The summed E-state index contributed by atoms with van der Waals surface area (Å²) in [5, 5.41) is 36.3. The van der Waals surface area contributed by atoms with Gasteiger partial charge in [0, 0.05) is 19.4 Å². The summed E-state index contributed by atoms with van der Waals surface area (Å²) in [5.74, 6) is -3.92. The number of aromatic hydroxyl groups is 1. The van der Waals surface area contributed by atoms with Crippen LogP contribution >= 0.6 is 0 Å². The highest BCUT2D eigenvalue weighted by molar-refractivity contribution is 5.94. The lowest BCUT2D eigenvalue weighted by molar-refractivity contribution is -0.145. The molecule has 196 valence electrons. The van der Waals surface area contributed by atoms with Gasteiger partial charge in [0.15, 0.2) is 0 Å². The molecule has 1 aromatic rings. The number of aliphatic carboxylic acids is 2. The van der Waals surface area contributed by atoms with Crippen LogP contribution in [0.15, 0.2) is 24.3 Å². The van der Waals surface area contributed by atoms with Crippen molar-refractivity contribution >= 4 is 29.7 Å². The van der Waals surface area contributed by atoms with Crippen LogP contribution in [0.2, 0.25) is 0 Å². The molecule has 4 atom stereocenters. The molecule has 0 bridgehead atoms. The third-order valence-corrected chi connectivity index (χ3v) is 6.47. The quantitative estimate of drug-likeness (QED) is 0.233. The zero-order chi connectivity index (χ0) is 26.2. The normalized spacial score (nSPS) is 20.9. The maximum atomic E-state index is 13.3. The van der Waals surface area contributed by atoms with Gasteiger partial charge in [-0.1, -0.05) is 12.1 Å². The second-order valence-corrected chi connectivity index (χ2v) is 9.10. The van der Waals surface area contributed by atoms with Crippen LogP contribution in [0.25, 0.3) is 0 Å². The van der Waals surface area contributed by atoms with Crippen molar-refractivity contribution in [2.24, 2.45) is 0 Å². The van der Waals surface area contributed by atoms with E-state index in [0.717, 1.165) is 6.42 Å². The van der Waals surface area contributed by atoms with Gasteiger partial charge in [0.05, 0.1) is 6.04 Å². The average Bonchev–Trinajstić information content (AvgIpc) is 3.54. The Kier molecular flexibility index (Phi) is 9.23. The number of phenolic OH excluding ortho intramolecular Hbond substituents is 1. The molecular formula is C24H32N4O8. The van der Waals surface area contributed by atoms with Gasteiger partial charge < -0.3 is 36.2 Å². The summed E-state index contributed by atoms with van der Waals surface area (Å²) in [6.45, 7) is 0.906. The van der Waals surface area contributed by atoms with E-state index in [-0.39, 0.29) is 31.6 Å². The Balaban J connectivity index is 1.68. The van der Waals surface area contributed by atoms with Crippen molar-refractivity contribution in [1.29, 1.82) is 0 Å². The van der Waals surface area contributed by atoms with Crippen molar-refractivity contribution in [3.05, 3.63) is 29.8 Å². The van der Waals surface area contributed by atoms with Crippen LogP contribution in [0.3, 0.4) is 0 Å². The molecule has 3 amide bonds. The molecule has 0 spiro atoms. The number of phenols is 1. The molecule has 0 aliphatic carbocycles. The largest absolute Gasteiger partial charge is 0.508 e. The number of hydrogen-bond donors (Lipinski definition) is 6. The molecule has 2 fully saturated rings. The summed E-state index contributed by atoms with van der Waals surface area (Å²) < 4.78 is 0. The Morgan fingerprint density at radius 2 is 1.67 bits per heavy atom. The second kappa shape index (κ2) is 12.3. The first-order chi connectivity index (χ1) is 17.2. The molecule has 6 N–H and O–H groups in total. The molecule has 36 heavy (non-hydrogen) atoms. The summed E-state index contributed by atoms with van der Waals surface area (Å²) in [6.07, 6.45) is 1.75. The highest BCUT2D eigenvalue weighted by Gasteiger charge is 2.39. The fourth-order valence-electron chi connectivity index (χ4n) is 4.54. The van der Waals surface area contributed by atoms with Crippen LogP contribution in [-0.2, 0) is 30.4 Å². The molecular weight excluding hydrogens is 472 g/mol. The fraction of sp³-hybridized carbons (Fsp3) is 0.542. The molecule has 12 nitrogen and oxygen atoms in total. The number of benzene rings is 1. The number of carbonyl (C=O) groups excluding carboxylic acids is 3. The van der Waals surface area contributed by atoms with Crippen LogP contribution in [0, 0.1) is 0 Å². The summed E-state index contributed by atoms with van der Waals surface area (Å²) >= 11 is 0. The lowest BCUT2D eigenvalue weighted by atomic mass is 10.0. The van der Waals surface area contributed by atoms with E-state index in [4.69, 9.17) is 5.11 Å². The Labute approximate surface area is 208 Å². The van der Waals surface area contributed by atoms with Crippen LogP contribution in [0.5, 0.6) is 5.75 Å². The van der Waals surface area contributed by atoms with E-state index in [1.54, 1.807) is 12.1 Å². The third kappa shape index (κ3) is 7.17. The van der Waals surface area contributed by atoms with Gasteiger partial charge in [-0.3, -0.25) is 19.2 Å². The van der Waals surface area contributed by atoms with Crippen molar-refractivity contribution in [3.8, 4) is 5.75 Å². The number of rotatable bonds is 11. The average molecular weight is 505 g/mol. The maximum absolute atomic E-state index is 13.3. The number of nitrogens with one attached hydrogen (secondary N) is 3. The predicted molar refractivity (Wildman–Crippen MR) is 126 cm³/mol. The van der Waals surface area contributed by atoms with Crippen LogP contribution in [0.1, 0.15) is 44.1 Å². The number of carboxylic acid groups (broad SMARTS) is 2. The second-order valence-electron chi connectivity index (χ2n) is 9.10. The van der Waals surface area contributed by atoms with Gasteiger partial charge in [-0.2, -0.15) is 0 Å². The summed E-state index contributed by atoms with van der Waals surface area (Å²) in [6, 6.07) is 2.18. The predicted octanol–water partition coefficient (Wildman–Crippen LogP) is -0.403.